The van der Waals surface area contributed by atoms with Gasteiger partial charge in [0.15, 0.2) is 6.10 Å². The van der Waals surface area contributed by atoms with Gasteiger partial charge >= 0.3 is 5.97 Å². The molecule has 0 bridgehead atoms. The van der Waals surface area contributed by atoms with E-state index in [0.29, 0.717) is 13.0 Å². The van der Waals surface area contributed by atoms with Crippen LogP contribution in [-0.4, -0.2) is 32.6 Å². The molecule has 0 aliphatic carbocycles. The molecule has 1 atom stereocenters. The molecule has 0 aliphatic rings. The quantitative estimate of drug-likeness (QED) is 0.536. The van der Waals surface area contributed by atoms with Crippen LogP contribution in [-0.2, 0) is 25.4 Å². The Hall–Kier alpha value is -1.39. The predicted molar refractivity (Wildman–Crippen MR) is 63.5 cm³/mol. The second-order valence-corrected chi connectivity index (χ2v) is 3.50. The molecule has 0 N–H and O–H groups in total. The van der Waals surface area contributed by atoms with Crippen molar-refractivity contribution in [3.8, 4) is 0 Å². The maximum absolute atomic E-state index is 11.7. The van der Waals surface area contributed by atoms with Crippen molar-refractivity contribution in [2.75, 3.05) is 20.5 Å². The molecule has 0 saturated carbocycles. The van der Waals surface area contributed by atoms with E-state index >= 15 is 0 Å². The minimum absolute atomic E-state index is 0.0797. The van der Waals surface area contributed by atoms with E-state index in [1.54, 1.807) is 6.92 Å². The molecule has 4 heteroatoms. The van der Waals surface area contributed by atoms with Gasteiger partial charge in [0.25, 0.3) is 0 Å². The van der Waals surface area contributed by atoms with E-state index in [1.807, 2.05) is 30.3 Å². The highest BCUT2D eigenvalue weighted by Crippen LogP contribution is 2.08. The van der Waals surface area contributed by atoms with Gasteiger partial charge in [-0.2, -0.15) is 0 Å². The van der Waals surface area contributed by atoms with E-state index in [-0.39, 0.29) is 12.8 Å². The molecule has 94 valence electrons. The van der Waals surface area contributed by atoms with Gasteiger partial charge in [0.1, 0.15) is 6.79 Å². The average molecular weight is 238 g/mol. The topological polar surface area (TPSA) is 44.8 Å². The van der Waals surface area contributed by atoms with Crippen LogP contribution >= 0.6 is 0 Å². The summed E-state index contributed by atoms with van der Waals surface area (Å²) in [6.07, 6.45) is -0.124. The molecular weight excluding hydrogens is 220 g/mol. The van der Waals surface area contributed by atoms with Crippen LogP contribution < -0.4 is 0 Å². The average Bonchev–Trinajstić information content (AvgIpc) is 2.36. The van der Waals surface area contributed by atoms with Crippen molar-refractivity contribution < 1.29 is 19.0 Å². The zero-order chi connectivity index (χ0) is 12.5. The van der Waals surface area contributed by atoms with Crippen LogP contribution in [0.15, 0.2) is 30.3 Å². The number of benzene rings is 1. The summed E-state index contributed by atoms with van der Waals surface area (Å²) >= 11 is 0. The first-order valence-electron chi connectivity index (χ1n) is 5.59. The largest absolute Gasteiger partial charge is 0.464 e. The van der Waals surface area contributed by atoms with Gasteiger partial charge < -0.3 is 14.2 Å². The summed E-state index contributed by atoms with van der Waals surface area (Å²) in [5.74, 6) is -0.353. The Labute approximate surface area is 101 Å². The first-order valence-corrected chi connectivity index (χ1v) is 5.59. The molecule has 0 aromatic heterocycles. The van der Waals surface area contributed by atoms with Gasteiger partial charge in [0.05, 0.1) is 6.61 Å². The van der Waals surface area contributed by atoms with Crippen LogP contribution in [0.2, 0.25) is 0 Å². The van der Waals surface area contributed by atoms with E-state index in [9.17, 15) is 4.79 Å². The van der Waals surface area contributed by atoms with Gasteiger partial charge in [-0.3, -0.25) is 0 Å². The molecule has 4 nitrogen and oxygen atoms in total. The molecule has 0 saturated heterocycles. The molecule has 1 rings (SSSR count). The monoisotopic (exact) mass is 238 g/mol. The second-order valence-electron chi connectivity index (χ2n) is 3.50. The molecule has 0 fully saturated rings. The molecule has 1 aromatic carbocycles. The van der Waals surface area contributed by atoms with E-state index in [0.717, 1.165) is 5.56 Å². The highest BCUT2D eigenvalue weighted by atomic mass is 16.7. The van der Waals surface area contributed by atoms with E-state index < -0.39 is 6.10 Å². The lowest BCUT2D eigenvalue weighted by Crippen LogP contribution is -2.29. The molecular formula is C13H18O4. The highest BCUT2D eigenvalue weighted by molar-refractivity contribution is 5.75. The first kappa shape index (κ1) is 13.7. The van der Waals surface area contributed by atoms with Gasteiger partial charge in [-0.05, 0) is 12.5 Å². The van der Waals surface area contributed by atoms with Gasteiger partial charge in [-0.25, -0.2) is 4.79 Å². The molecule has 0 radical (unpaired) electrons. The fourth-order valence-electron chi connectivity index (χ4n) is 1.42. The second kappa shape index (κ2) is 7.81. The van der Waals surface area contributed by atoms with Crippen molar-refractivity contribution in [1.82, 2.24) is 0 Å². The molecule has 0 aliphatic heterocycles. The number of hydrogen-bond acceptors (Lipinski definition) is 4. The number of hydrogen-bond donors (Lipinski definition) is 0. The Morgan fingerprint density at radius 1 is 1.29 bits per heavy atom. The smallest absolute Gasteiger partial charge is 0.335 e. The normalized spacial score (nSPS) is 12.1. The van der Waals surface area contributed by atoms with Crippen LogP contribution in [0.5, 0.6) is 0 Å². The van der Waals surface area contributed by atoms with E-state index in [1.165, 1.54) is 7.11 Å². The molecule has 17 heavy (non-hydrogen) atoms. The summed E-state index contributed by atoms with van der Waals surface area (Å²) in [5.41, 5.74) is 1.03. The summed E-state index contributed by atoms with van der Waals surface area (Å²) in [5, 5.41) is 0. The third-order valence-corrected chi connectivity index (χ3v) is 2.20. The minimum atomic E-state index is -0.614. The molecule has 0 amide bonds. The van der Waals surface area contributed by atoms with E-state index in [4.69, 9.17) is 14.2 Å². The van der Waals surface area contributed by atoms with Crippen molar-refractivity contribution in [3.63, 3.8) is 0 Å². The zero-order valence-electron chi connectivity index (χ0n) is 10.2. The van der Waals surface area contributed by atoms with Crippen LogP contribution in [0.25, 0.3) is 0 Å². The zero-order valence-corrected chi connectivity index (χ0v) is 10.2. The van der Waals surface area contributed by atoms with Crippen LogP contribution in [0, 0.1) is 0 Å². The number of rotatable bonds is 7. The Bertz CT molecular complexity index is 323. The lowest BCUT2D eigenvalue weighted by Gasteiger charge is -2.15. The summed E-state index contributed by atoms with van der Waals surface area (Å²) < 4.78 is 15.1. The Morgan fingerprint density at radius 3 is 2.59 bits per heavy atom. The third-order valence-electron chi connectivity index (χ3n) is 2.20. The van der Waals surface area contributed by atoms with Crippen molar-refractivity contribution in [2.24, 2.45) is 0 Å². The number of methoxy groups -OCH3 is 1. The standard InChI is InChI=1S/C13H18O4/c1-3-16-13(14)12(17-10-15-2)9-11-7-5-4-6-8-11/h4-8,12H,3,9-10H2,1-2H3. The number of ether oxygens (including phenoxy) is 3. The Kier molecular flexibility index (Phi) is 6.29. The number of carbonyl (C=O) groups excluding carboxylic acids is 1. The lowest BCUT2D eigenvalue weighted by atomic mass is 10.1. The van der Waals surface area contributed by atoms with E-state index in [2.05, 4.69) is 0 Å². The van der Waals surface area contributed by atoms with Crippen molar-refractivity contribution in [1.29, 1.82) is 0 Å². The summed E-state index contributed by atoms with van der Waals surface area (Å²) in [7, 11) is 1.52. The first-order chi connectivity index (χ1) is 8.27. The van der Waals surface area contributed by atoms with Gasteiger partial charge in [-0.1, -0.05) is 30.3 Å². The SMILES string of the molecule is CCOC(=O)C(Cc1ccccc1)OCOC. The maximum Gasteiger partial charge on any atom is 0.335 e. The number of esters is 1. The molecule has 0 heterocycles. The van der Waals surface area contributed by atoms with Gasteiger partial charge in [0.2, 0.25) is 0 Å². The third kappa shape index (κ3) is 4.97. The highest BCUT2D eigenvalue weighted by Gasteiger charge is 2.20. The van der Waals surface area contributed by atoms with Crippen LogP contribution in [0.1, 0.15) is 12.5 Å². The van der Waals surface area contributed by atoms with Crippen molar-refractivity contribution >= 4 is 5.97 Å². The maximum atomic E-state index is 11.7. The Balaban J connectivity index is 2.59. The van der Waals surface area contributed by atoms with Crippen molar-refractivity contribution in [3.05, 3.63) is 35.9 Å². The van der Waals surface area contributed by atoms with Gasteiger partial charge in [-0.15, -0.1) is 0 Å². The van der Waals surface area contributed by atoms with Crippen LogP contribution in [0.4, 0.5) is 0 Å². The Morgan fingerprint density at radius 2 is 2.00 bits per heavy atom. The molecule has 0 spiro atoms. The van der Waals surface area contributed by atoms with Crippen molar-refractivity contribution in [2.45, 2.75) is 19.4 Å². The molecule has 1 unspecified atom stereocenters. The summed E-state index contributed by atoms with van der Waals surface area (Å²) in [6, 6.07) is 9.67. The fraction of sp³-hybridized carbons (Fsp3) is 0.462. The lowest BCUT2D eigenvalue weighted by molar-refractivity contribution is -0.164. The van der Waals surface area contributed by atoms with Gasteiger partial charge in [0, 0.05) is 13.5 Å². The summed E-state index contributed by atoms with van der Waals surface area (Å²) in [4.78, 5) is 11.7. The number of carbonyl (C=O) groups is 1. The summed E-state index contributed by atoms with van der Waals surface area (Å²) in [6.45, 7) is 2.20. The fourth-order valence-corrected chi connectivity index (χ4v) is 1.42. The molecule has 1 aromatic rings. The van der Waals surface area contributed by atoms with Crippen LogP contribution in [0.3, 0.4) is 0 Å². The predicted octanol–water partition coefficient (Wildman–Crippen LogP) is 1.78. The minimum Gasteiger partial charge on any atom is -0.464 e.